The molecule has 116 valence electrons. The minimum atomic E-state index is 0.433. The number of fused-ring (bicyclic) bond motifs is 2. The Morgan fingerprint density at radius 2 is 2.18 bits per heavy atom. The second-order valence-electron chi connectivity index (χ2n) is 5.83. The molecule has 1 atom stereocenters. The average molecular weight is 300 g/mol. The molecule has 4 rings (SSSR count). The van der Waals surface area contributed by atoms with Crippen molar-refractivity contribution in [3.8, 4) is 11.5 Å². The number of hydrogen-bond donors (Lipinski definition) is 1. The highest BCUT2D eigenvalue weighted by atomic mass is 16.6. The van der Waals surface area contributed by atoms with Gasteiger partial charge in [-0.05, 0) is 19.4 Å². The van der Waals surface area contributed by atoms with Crippen LogP contribution in [0.1, 0.15) is 23.6 Å². The van der Waals surface area contributed by atoms with Gasteiger partial charge in [0.25, 0.3) is 0 Å². The summed E-state index contributed by atoms with van der Waals surface area (Å²) in [4.78, 5) is 0. The summed E-state index contributed by atoms with van der Waals surface area (Å²) < 4.78 is 13.6. The van der Waals surface area contributed by atoms with E-state index in [4.69, 9.17) is 9.47 Å². The highest BCUT2D eigenvalue weighted by molar-refractivity contribution is 5.47. The van der Waals surface area contributed by atoms with E-state index in [0.29, 0.717) is 19.3 Å². The molecule has 1 aromatic heterocycles. The second-order valence-corrected chi connectivity index (χ2v) is 5.83. The first-order valence-electron chi connectivity index (χ1n) is 7.81. The van der Waals surface area contributed by atoms with Gasteiger partial charge in [-0.1, -0.05) is 12.1 Å². The van der Waals surface area contributed by atoms with Crippen molar-refractivity contribution in [2.45, 2.75) is 38.9 Å². The van der Waals surface area contributed by atoms with Gasteiger partial charge in [0.05, 0.1) is 0 Å². The maximum Gasteiger partial charge on any atom is 0.165 e. The zero-order valence-electron chi connectivity index (χ0n) is 12.7. The molecule has 0 unspecified atom stereocenters. The lowest BCUT2D eigenvalue weighted by Gasteiger charge is -2.26. The summed E-state index contributed by atoms with van der Waals surface area (Å²) in [5, 5.41) is 12.0. The van der Waals surface area contributed by atoms with Crippen molar-refractivity contribution >= 4 is 0 Å². The lowest BCUT2D eigenvalue weighted by molar-refractivity contribution is 0.169. The molecular formula is C16H20N4O2. The van der Waals surface area contributed by atoms with Gasteiger partial charge in [0, 0.05) is 31.1 Å². The van der Waals surface area contributed by atoms with Crippen LogP contribution in [0.15, 0.2) is 18.2 Å². The standard InChI is InChI=1S/C16H20N4O2/c1-11-18-19-15-6-5-13(10-20(11)15)17-9-12-3-2-4-14-16(12)22-8-7-21-14/h2-4,13,17H,5-10H2,1H3/t13-/m1/s1. The van der Waals surface area contributed by atoms with Crippen LogP contribution in [0.3, 0.4) is 0 Å². The van der Waals surface area contributed by atoms with Crippen LogP contribution in [0.2, 0.25) is 0 Å². The lowest BCUT2D eigenvalue weighted by Crippen LogP contribution is -2.37. The summed E-state index contributed by atoms with van der Waals surface area (Å²) in [6.45, 7) is 4.98. The van der Waals surface area contributed by atoms with E-state index in [0.717, 1.165) is 54.6 Å². The summed E-state index contributed by atoms with van der Waals surface area (Å²) in [5.41, 5.74) is 1.16. The third-order valence-corrected chi connectivity index (χ3v) is 4.36. The fourth-order valence-corrected chi connectivity index (χ4v) is 3.16. The fraction of sp³-hybridized carbons (Fsp3) is 0.500. The van der Waals surface area contributed by atoms with E-state index in [-0.39, 0.29) is 0 Å². The van der Waals surface area contributed by atoms with Gasteiger partial charge in [0.1, 0.15) is 24.9 Å². The molecule has 2 aliphatic rings. The smallest absolute Gasteiger partial charge is 0.165 e. The molecule has 2 aliphatic heterocycles. The van der Waals surface area contributed by atoms with E-state index in [1.807, 2.05) is 19.1 Å². The molecule has 0 saturated carbocycles. The Morgan fingerprint density at radius 1 is 1.27 bits per heavy atom. The van der Waals surface area contributed by atoms with Crippen molar-refractivity contribution in [1.82, 2.24) is 20.1 Å². The van der Waals surface area contributed by atoms with Crippen molar-refractivity contribution in [3.63, 3.8) is 0 Å². The van der Waals surface area contributed by atoms with Crippen LogP contribution in [0.25, 0.3) is 0 Å². The van der Waals surface area contributed by atoms with Gasteiger partial charge >= 0.3 is 0 Å². The Bertz CT molecular complexity index is 683. The Labute approximate surface area is 129 Å². The second kappa shape index (κ2) is 5.61. The number of para-hydroxylation sites is 1. The molecule has 6 heteroatoms. The molecule has 0 bridgehead atoms. The van der Waals surface area contributed by atoms with Gasteiger partial charge in [-0.25, -0.2) is 0 Å². The van der Waals surface area contributed by atoms with Gasteiger partial charge in [0.15, 0.2) is 11.5 Å². The van der Waals surface area contributed by atoms with Crippen LogP contribution in [-0.2, 0) is 19.5 Å². The molecule has 0 radical (unpaired) electrons. The van der Waals surface area contributed by atoms with E-state index in [1.54, 1.807) is 0 Å². The number of ether oxygens (including phenoxy) is 2. The van der Waals surface area contributed by atoms with Crippen LogP contribution in [0.4, 0.5) is 0 Å². The summed E-state index contributed by atoms with van der Waals surface area (Å²) in [6.07, 6.45) is 2.07. The minimum absolute atomic E-state index is 0.433. The lowest BCUT2D eigenvalue weighted by atomic mass is 10.1. The summed E-state index contributed by atoms with van der Waals surface area (Å²) in [6, 6.07) is 6.51. The summed E-state index contributed by atoms with van der Waals surface area (Å²) >= 11 is 0. The Hall–Kier alpha value is -2.08. The summed E-state index contributed by atoms with van der Waals surface area (Å²) in [7, 11) is 0. The number of rotatable bonds is 3. The van der Waals surface area contributed by atoms with E-state index >= 15 is 0 Å². The highest BCUT2D eigenvalue weighted by Gasteiger charge is 2.22. The highest BCUT2D eigenvalue weighted by Crippen LogP contribution is 2.33. The molecule has 1 aromatic carbocycles. The first-order chi connectivity index (χ1) is 10.8. The van der Waals surface area contributed by atoms with E-state index in [9.17, 15) is 0 Å². The number of hydrogen-bond acceptors (Lipinski definition) is 5. The zero-order valence-corrected chi connectivity index (χ0v) is 12.7. The van der Waals surface area contributed by atoms with Crippen molar-refractivity contribution in [2.75, 3.05) is 13.2 Å². The molecular weight excluding hydrogens is 280 g/mol. The maximum absolute atomic E-state index is 5.77. The topological polar surface area (TPSA) is 61.2 Å². The number of nitrogens with one attached hydrogen (secondary N) is 1. The third kappa shape index (κ3) is 2.43. The number of benzene rings is 1. The molecule has 0 saturated heterocycles. The monoisotopic (exact) mass is 300 g/mol. The Balaban J connectivity index is 1.45. The normalized spacial score (nSPS) is 19.8. The van der Waals surface area contributed by atoms with Crippen molar-refractivity contribution in [2.24, 2.45) is 0 Å². The maximum atomic E-state index is 5.77. The molecule has 2 aromatic rings. The zero-order chi connectivity index (χ0) is 14.9. The average Bonchev–Trinajstić information content (AvgIpc) is 2.94. The Kier molecular flexibility index (Phi) is 3.46. The molecule has 0 fully saturated rings. The van der Waals surface area contributed by atoms with Crippen molar-refractivity contribution in [1.29, 1.82) is 0 Å². The van der Waals surface area contributed by atoms with Gasteiger partial charge in [0.2, 0.25) is 0 Å². The number of aromatic nitrogens is 3. The third-order valence-electron chi connectivity index (χ3n) is 4.36. The van der Waals surface area contributed by atoms with Gasteiger partial charge in [-0.15, -0.1) is 10.2 Å². The van der Waals surface area contributed by atoms with Gasteiger partial charge < -0.3 is 19.4 Å². The van der Waals surface area contributed by atoms with Crippen molar-refractivity contribution in [3.05, 3.63) is 35.4 Å². The van der Waals surface area contributed by atoms with Crippen LogP contribution in [-0.4, -0.2) is 34.0 Å². The van der Waals surface area contributed by atoms with Crippen molar-refractivity contribution < 1.29 is 9.47 Å². The van der Waals surface area contributed by atoms with Gasteiger partial charge in [-0.2, -0.15) is 0 Å². The first-order valence-corrected chi connectivity index (χ1v) is 7.81. The molecule has 22 heavy (non-hydrogen) atoms. The van der Waals surface area contributed by atoms with Crippen LogP contribution in [0, 0.1) is 6.92 Å². The van der Waals surface area contributed by atoms with Crippen LogP contribution in [0.5, 0.6) is 11.5 Å². The molecule has 0 aliphatic carbocycles. The van der Waals surface area contributed by atoms with Crippen LogP contribution >= 0.6 is 0 Å². The molecule has 0 spiro atoms. The molecule has 6 nitrogen and oxygen atoms in total. The summed E-state index contributed by atoms with van der Waals surface area (Å²) in [5.74, 6) is 3.84. The predicted octanol–water partition coefficient (Wildman–Crippen LogP) is 1.46. The Morgan fingerprint density at radius 3 is 3.14 bits per heavy atom. The number of aryl methyl sites for hydroxylation is 2. The van der Waals surface area contributed by atoms with E-state index in [2.05, 4.69) is 26.1 Å². The van der Waals surface area contributed by atoms with Crippen LogP contribution < -0.4 is 14.8 Å². The molecule has 0 amide bonds. The fourth-order valence-electron chi connectivity index (χ4n) is 3.16. The minimum Gasteiger partial charge on any atom is -0.486 e. The first kappa shape index (κ1) is 13.6. The number of nitrogens with zero attached hydrogens (tertiary/aromatic N) is 3. The SMILES string of the molecule is Cc1nnc2n1C[C@H](NCc1cccc3c1OCCO3)CC2. The quantitative estimate of drug-likeness (QED) is 0.930. The largest absolute Gasteiger partial charge is 0.486 e. The molecule has 3 heterocycles. The molecule has 1 N–H and O–H groups in total. The van der Waals surface area contributed by atoms with E-state index < -0.39 is 0 Å². The predicted molar refractivity (Wildman–Crippen MR) is 81.1 cm³/mol. The van der Waals surface area contributed by atoms with Gasteiger partial charge in [-0.3, -0.25) is 0 Å². The van der Waals surface area contributed by atoms with E-state index in [1.165, 1.54) is 0 Å².